The summed E-state index contributed by atoms with van der Waals surface area (Å²) < 4.78 is 6.47. The molecule has 0 radical (unpaired) electrons. The lowest BCUT2D eigenvalue weighted by molar-refractivity contribution is 0.0756. The van der Waals surface area contributed by atoms with E-state index >= 15 is 0 Å². The van der Waals surface area contributed by atoms with Crippen LogP contribution in [0, 0.1) is 5.92 Å². The van der Waals surface area contributed by atoms with Gasteiger partial charge in [0, 0.05) is 10.5 Å². The second kappa shape index (κ2) is 2.97. The molecule has 0 aromatic heterocycles. The molecule has 2 heteroatoms. The smallest absolute Gasteiger partial charge is 0.0721 e. The molecule has 1 aliphatic heterocycles. The van der Waals surface area contributed by atoms with Crippen LogP contribution in [0.3, 0.4) is 0 Å². The molecule has 2 aliphatic rings. The Morgan fingerprint density at radius 2 is 2.10 bits per heavy atom. The van der Waals surface area contributed by atoms with E-state index < -0.39 is 0 Å². The van der Waals surface area contributed by atoms with E-state index in [1.165, 1.54) is 25.7 Å². The molecule has 0 aromatic carbocycles. The molecule has 1 saturated heterocycles. The van der Waals surface area contributed by atoms with Gasteiger partial charge in [-0.2, -0.15) is 0 Å². The van der Waals surface area contributed by atoms with Gasteiger partial charge in [-0.05, 0) is 25.2 Å². The molecule has 2 rings (SSSR count). The number of halogens is 1. The molecule has 2 fully saturated rings. The molecular weight excluding hydrogens is 239 g/mol. The molecule has 1 heterocycles. The van der Waals surface area contributed by atoms with E-state index in [1.54, 1.807) is 0 Å². The van der Waals surface area contributed by atoms with E-state index in [9.17, 15) is 0 Å². The lowest BCUT2D eigenvalue weighted by atomic mass is 9.86. The van der Waals surface area contributed by atoms with Gasteiger partial charge >= 0.3 is 0 Å². The van der Waals surface area contributed by atoms with Crippen LogP contribution < -0.4 is 0 Å². The van der Waals surface area contributed by atoms with Crippen molar-refractivity contribution in [3.05, 3.63) is 0 Å². The third-order valence-electron chi connectivity index (χ3n) is 2.67. The Hall–Kier alpha value is 0.690. The van der Waals surface area contributed by atoms with Gasteiger partial charge in [0.25, 0.3) is 0 Å². The Kier molecular flexibility index (Phi) is 2.18. The van der Waals surface area contributed by atoms with Crippen molar-refractivity contribution in [1.82, 2.24) is 0 Å². The van der Waals surface area contributed by atoms with Gasteiger partial charge in [-0.3, -0.25) is 0 Å². The Bertz CT molecular complexity index is 126. The molecule has 1 saturated carbocycles. The summed E-state index contributed by atoms with van der Waals surface area (Å²) in [5.41, 5.74) is 0. The van der Waals surface area contributed by atoms with E-state index in [-0.39, 0.29) is 0 Å². The zero-order valence-corrected chi connectivity index (χ0v) is 8.21. The van der Waals surface area contributed by atoms with E-state index in [0.29, 0.717) is 6.10 Å². The van der Waals surface area contributed by atoms with Crippen LogP contribution in [0.4, 0.5) is 0 Å². The number of hydrogen-bond donors (Lipinski definition) is 0. The van der Waals surface area contributed by atoms with Crippen molar-refractivity contribution >= 4 is 22.6 Å². The maximum atomic E-state index is 5.66. The highest BCUT2D eigenvalue weighted by Crippen LogP contribution is 2.37. The van der Waals surface area contributed by atoms with Crippen LogP contribution >= 0.6 is 22.6 Å². The van der Waals surface area contributed by atoms with Crippen LogP contribution in [0.2, 0.25) is 0 Å². The molecule has 0 spiro atoms. The third-order valence-corrected chi connectivity index (χ3v) is 4.01. The molecule has 0 aromatic rings. The zero-order chi connectivity index (χ0) is 6.97. The van der Waals surface area contributed by atoms with Gasteiger partial charge in [-0.25, -0.2) is 0 Å². The number of rotatable bonds is 0. The summed E-state index contributed by atoms with van der Waals surface area (Å²) in [6.45, 7) is 1.02. The zero-order valence-electron chi connectivity index (χ0n) is 6.05. The predicted molar refractivity (Wildman–Crippen MR) is 49.5 cm³/mol. The largest absolute Gasteiger partial charge is 0.377 e. The first-order chi connectivity index (χ1) is 4.88. The maximum absolute atomic E-state index is 5.66. The van der Waals surface area contributed by atoms with E-state index in [1.807, 2.05) is 0 Å². The average Bonchev–Trinajstić information content (AvgIpc) is 2.36. The second-order valence-electron chi connectivity index (χ2n) is 3.33. The minimum Gasteiger partial charge on any atom is -0.377 e. The van der Waals surface area contributed by atoms with Crippen LogP contribution in [0.15, 0.2) is 0 Å². The molecule has 1 aliphatic carbocycles. The van der Waals surface area contributed by atoms with Gasteiger partial charge in [0.1, 0.15) is 0 Å². The SMILES string of the molecule is IC1CCCC2CCOC12. The molecule has 3 atom stereocenters. The molecule has 0 N–H and O–H groups in total. The fourth-order valence-electron chi connectivity index (χ4n) is 2.10. The summed E-state index contributed by atoms with van der Waals surface area (Å²) >= 11 is 2.55. The van der Waals surface area contributed by atoms with Crippen molar-refractivity contribution in [3.8, 4) is 0 Å². The normalized spacial score (nSPS) is 47.1. The summed E-state index contributed by atoms with van der Waals surface area (Å²) in [6, 6.07) is 0. The number of fused-ring (bicyclic) bond motifs is 1. The van der Waals surface area contributed by atoms with Gasteiger partial charge in [0.2, 0.25) is 0 Å². The number of alkyl halides is 1. The van der Waals surface area contributed by atoms with Crippen LogP contribution in [0.25, 0.3) is 0 Å². The van der Waals surface area contributed by atoms with Gasteiger partial charge in [-0.1, -0.05) is 29.0 Å². The van der Waals surface area contributed by atoms with Crippen molar-refractivity contribution < 1.29 is 4.74 Å². The molecule has 1 nitrogen and oxygen atoms in total. The fourth-order valence-corrected chi connectivity index (χ4v) is 3.34. The third kappa shape index (κ3) is 1.20. The Labute approximate surface area is 75.7 Å². The van der Waals surface area contributed by atoms with Crippen molar-refractivity contribution in [2.24, 2.45) is 5.92 Å². The number of ether oxygens (including phenoxy) is 1. The van der Waals surface area contributed by atoms with Crippen LogP contribution in [0.5, 0.6) is 0 Å². The maximum Gasteiger partial charge on any atom is 0.0721 e. The molecule has 0 bridgehead atoms. The summed E-state index contributed by atoms with van der Waals surface area (Å²) in [6.07, 6.45) is 6.17. The van der Waals surface area contributed by atoms with E-state index in [2.05, 4.69) is 22.6 Å². The first-order valence-electron chi connectivity index (χ1n) is 4.13. The summed E-state index contributed by atoms with van der Waals surface area (Å²) in [5, 5.41) is 0. The van der Waals surface area contributed by atoms with Crippen molar-refractivity contribution in [2.45, 2.75) is 35.7 Å². The molecular formula is C8H13IO. The summed E-state index contributed by atoms with van der Waals surface area (Å²) in [5.74, 6) is 0.913. The highest BCUT2D eigenvalue weighted by molar-refractivity contribution is 14.1. The van der Waals surface area contributed by atoms with Crippen molar-refractivity contribution in [3.63, 3.8) is 0 Å². The second-order valence-corrected chi connectivity index (χ2v) is 4.93. The number of hydrogen-bond acceptors (Lipinski definition) is 1. The van der Waals surface area contributed by atoms with Crippen molar-refractivity contribution in [1.29, 1.82) is 0 Å². The van der Waals surface area contributed by atoms with Gasteiger partial charge in [0.15, 0.2) is 0 Å². The lowest BCUT2D eigenvalue weighted by Crippen LogP contribution is -2.30. The molecule has 3 unspecified atom stereocenters. The Morgan fingerprint density at radius 1 is 1.20 bits per heavy atom. The average molecular weight is 252 g/mol. The molecule has 10 heavy (non-hydrogen) atoms. The lowest BCUT2D eigenvalue weighted by Gasteiger charge is -2.28. The molecule has 58 valence electrons. The highest BCUT2D eigenvalue weighted by atomic mass is 127. The summed E-state index contributed by atoms with van der Waals surface area (Å²) in [7, 11) is 0. The Balaban J connectivity index is 2.03. The van der Waals surface area contributed by atoms with Gasteiger partial charge in [-0.15, -0.1) is 0 Å². The van der Waals surface area contributed by atoms with Crippen LogP contribution in [-0.2, 0) is 4.74 Å². The minimum atomic E-state index is 0.620. The fraction of sp³-hybridized carbons (Fsp3) is 1.00. The van der Waals surface area contributed by atoms with Crippen LogP contribution in [0.1, 0.15) is 25.7 Å². The summed E-state index contributed by atoms with van der Waals surface area (Å²) in [4.78, 5) is 0. The first-order valence-corrected chi connectivity index (χ1v) is 5.38. The predicted octanol–water partition coefficient (Wildman–Crippen LogP) is 2.38. The Morgan fingerprint density at radius 3 is 2.90 bits per heavy atom. The standard InChI is InChI=1S/C8H13IO/c9-7-3-1-2-6-4-5-10-8(6)7/h6-8H,1-5H2. The molecule has 0 amide bonds. The highest BCUT2D eigenvalue weighted by Gasteiger charge is 2.35. The van der Waals surface area contributed by atoms with E-state index in [4.69, 9.17) is 4.74 Å². The monoisotopic (exact) mass is 252 g/mol. The van der Waals surface area contributed by atoms with Gasteiger partial charge in [0.05, 0.1) is 6.10 Å². The van der Waals surface area contributed by atoms with Crippen LogP contribution in [-0.4, -0.2) is 16.6 Å². The van der Waals surface area contributed by atoms with Gasteiger partial charge < -0.3 is 4.74 Å². The van der Waals surface area contributed by atoms with Crippen molar-refractivity contribution in [2.75, 3.05) is 6.61 Å². The first kappa shape index (κ1) is 7.35. The quantitative estimate of drug-likeness (QED) is 0.475. The minimum absolute atomic E-state index is 0.620. The van der Waals surface area contributed by atoms with E-state index in [0.717, 1.165) is 16.4 Å². The topological polar surface area (TPSA) is 9.23 Å².